The summed E-state index contributed by atoms with van der Waals surface area (Å²) in [4.78, 5) is 16.3. The summed E-state index contributed by atoms with van der Waals surface area (Å²) < 4.78 is 6.53. The molecule has 2 heterocycles. The first-order valence-corrected chi connectivity index (χ1v) is 13.7. The van der Waals surface area contributed by atoms with Gasteiger partial charge in [0.1, 0.15) is 24.1 Å². The third-order valence-corrected chi connectivity index (χ3v) is 6.62. The molecule has 1 saturated heterocycles. The molecule has 1 aromatic rings. The highest BCUT2D eigenvalue weighted by Gasteiger charge is 2.43. The van der Waals surface area contributed by atoms with Gasteiger partial charge in [0.05, 0.1) is 6.61 Å². The Morgan fingerprint density at radius 1 is 0.943 bits per heavy atom. The molecule has 0 spiro atoms. The van der Waals surface area contributed by atoms with Crippen molar-refractivity contribution >= 4 is 5.82 Å². The third-order valence-electron chi connectivity index (χ3n) is 6.62. The standard InChI is InChI=1S/C27H47N3O5/c1-2-3-4-5-6-7-8-9-10-11-12-13-14-15-16-17-19-28-23-18-20-30(27(34)29-23)26-25(33)24(32)22(21-31)35-26/h9-10,18,20,22,24-26,31-33H,2-8,11-17,19,21H2,1H3,(H,28,29,34)/b10-9-/t22-,24-,25+,26-/m1/s1. The van der Waals surface area contributed by atoms with Gasteiger partial charge in [-0.1, -0.05) is 76.9 Å². The number of nitrogens with zero attached hydrogens (tertiary/aromatic N) is 2. The number of aliphatic hydroxyl groups is 3. The van der Waals surface area contributed by atoms with Crippen molar-refractivity contribution in [1.29, 1.82) is 0 Å². The average molecular weight is 494 g/mol. The maximum Gasteiger partial charge on any atom is 0.351 e. The minimum Gasteiger partial charge on any atom is -0.394 e. The number of unbranched alkanes of at least 4 members (excludes halogenated alkanes) is 12. The fraction of sp³-hybridized carbons (Fsp3) is 0.778. The van der Waals surface area contributed by atoms with Gasteiger partial charge in [-0.3, -0.25) is 4.57 Å². The molecule has 0 aliphatic carbocycles. The van der Waals surface area contributed by atoms with Gasteiger partial charge >= 0.3 is 5.69 Å². The van der Waals surface area contributed by atoms with Crippen LogP contribution in [0.5, 0.6) is 0 Å². The third kappa shape index (κ3) is 10.8. The van der Waals surface area contributed by atoms with E-state index in [2.05, 4.69) is 29.4 Å². The molecule has 1 aromatic heterocycles. The molecule has 0 saturated carbocycles. The molecule has 0 bridgehead atoms. The number of allylic oxidation sites excluding steroid dienone is 2. The van der Waals surface area contributed by atoms with E-state index in [9.17, 15) is 20.1 Å². The van der Waals surface area contributed by atoms with E-state index in [0.29, 0.717) is 5.82 Å². The van der Waals surface area contributed by atoms with Crippen LogP contribution in [-0.2, 0) is 4.74 Å². The van der Waals surface area contributed by atoms with Crippen LogP contribution >= 0.6 is 0 Å². The van der Waals surface area contributed by atoms with Crippen molar-refractivity contribution in [3.05, 3.63) is 34.9 Å². The summed E-state index contributed by atoms with van der Waals surface area (Å²) in [5, 5.41) is 32.3. The first-order chi connectivity index (χ1) is 17.1. The predicted octanol–water partition coefficient (Wildman–Crippen LogP) is 4.30. The molecule has 0 amide bonds. The smallest absolute Gasteiger partial charge is 0.351 e. The molecule has 2 rings (SSSR count). The van der Waals surface area contributed by atoms with Crippen LogP contribution < -0.4 is 11.0 Å². The topological polar surface area (TPSA) is 117 Å². The summed E-state index contributed by atoms with van der Waals surface area (Å²) in [6.45, 7) is 2.56. The summed E-state index contributed by atoms with van der Waals surface area (Å²) in [6.07, 6.45) is 19.4. The fourth-order valence-corrected chi connectivity index (χ4v) is 4.40. The molecule has 1 fully saturated rings. The van der Waals surface area contributed by atoms with E-state index >= 15 is 0 Å². The number of aliphatic hydroxyl groups excluding tert-OH is 3. The van der Waals surface area contributed by atoms with Crippen LogP contribution in [0.4, 0.5) is 5.82 Å². The van der Waals surface area contributed by atoms with E-state index in [1.165, 1.54) is 83.2 Å². The van der Waals surface area contributed by atoms with E-state index < -0.39 is 36.8 Å². The Morgan fingerprint density at radius 3 is 2.11 bits per heavy atom. The fourth-order valence-electron chi connectivity index (χ4n) is 4.40. The largest absolute Gasteiger partial charge is 0.394 e. The van der Waals surface area contributed by atoms with Crippen LogP contribution in [0.15, 0.2) is 29.2 Å². The Bertz CT molecular complexity index is 769. The quantitative estimate of drug-likeness (QED) is 0.168. The van der Waals surface area contributed by atoms with Crippen LogP contribution in [-0.4, -0.2) is 56.3 Å². The van der Waals surface area contributed by atoms with Gasteiger partial charge in [-0.15, -0.1) is 0 Å². The van der Waals surface area contributed by atoms with E-state index in [-0.39, 0.29) is 0 Å². The molecule has 0 unspecified atom stereocenters. The monoisotopic (exact) mass is 493 g/mol. The summed E-state index contributed by atoms with van der Waals surface area (Å²) in [7, 11) is 0. The lowest BCUT2D eigenvalue weighted by Crippen LogP contribution is -2.36. The lowest BCUT2D eigenvalue weighted by molar-refractivity contribution is -0.0549. The second kappa shape index (κ2) is 17.7. The second-order valence-corrected chi connectivity index (χ2v) is 9.60. The predicted molar refractivity (Wildman–Crippen MR) is 139 cm³/mol. The zero-order valence-electron chi connectivity index (χ0n) is 21.5. The minimum atomic E-state index is -1.30. The molecule has 8 nitrogen and oxygen atoms in total. The van der Waals surface area contributed by atoms with Gasteiger partial charge in [0.25, 0.3) is 0 Å². The Balaban J connectivity index is 1.49. The van der Waals surface area contributed by atoms with Crippen LogP contribution in [0.3, 0.4) is 0 Å². The number of aromatic nitrogens is 2. The van der Waals surface area contributed by atoms with Crippen LogP contribution in [0, 0.1) is 0 Å². The number of hydrogen-bond acceptors (Lipinski definition) is 7. The minimum absolute atomic E-state index is 0.438. The van der Waals surface area contributed by atoms with Crippen LogP contribution in [0.1, 0.15) is 103 Å². The molecule has 35 heavy (non-hydrogen) atoms. The van der Waals surface area contributed by atoms with Gasteiger partial charge in [-0.2, -0.15) is 4.98 Å². The molecular formula is C27H47N3O5. The highest BCUT2D eigenvalue weighted by atomic mass is 16.6. The normalized spacial score (nSPS) is 22.3. The van der Waals surface area contributed by atoms with Crippen molar-refractivity contribution in [2.45, 2.75) is 121 Å². The van der Waals surface area contributed by atoms with E-state index in [4.69, 9.17) is 4.74 Å². The Morgan fingerprint density at radius 2 is 1.54 bits per heavy atom. The van der Waals surface area contributed by atoms with Crippen molar-refractivity contribution in [2.75, 3.05) is 18.5 Å². The van der Waals surface area contributed by atoms with Gasteiger partial charge in [-0.05, 0) is 38.2 Å². The number of hydrogen-bond donors (Lipinski definition) is 4. The lowest BCUT2D eigenvalue weighted by Gasteiger charge is -2.17. The summed E-state index contributed by atoms with van der Waals surface area (Å²) >= 11 is 0. The summed E-state index contributed by atoms with van der Waals surface area (Å²) in [5.41, 5.74) is -0.578. The second-order valence-electron chi connectivity index (χ2n) is 9.60. The van der Waals surface area contributed by atoms with Gasteiger partial charge in [-0.25, -0.2) is 4.79 Å². The number of rotatable bonds is 19. The molecular weight excluding hydrogens is 446 g/mol. The first-order valence-electron chi connectivity index (χ1n) is 13.7. The lowest BCUT2D eigenvalue weighted by atomic mass is 10.1. The van der Waals surface area contributed by atoms with Crippen LogP contribution in [0.2, 0.25) is 0 Å². The maximum atomic E-state index is 12.3. The Hall–Kier alpha value is -1.74. The van der Waals surface area contributed by atoms with Crippen molar-refractivity contribution in [3.8, 4) is 0 Å². The number of ether oxygens (including phenoxy) is 1. The summed E-state index contributed by atoms with van der Waals surface area (Å²) in [6, 6.07) is 1.65. The molecule has 200 valence electrons. The zero-order valence-corrected chi connectivity index (χ0v) is 21.5. The van der Waals surface area contributed by atoms with Crippen molar-refractivity contribution in [1.82, 2.24) is 9.55 Å². The van der Waals surface area contributed by atoms with E-state index in [0.717, 1.165) is 24.0 Å². The average Bonchev–Trinajstić information content (AvgIpc) is 3.14. The first kappa shape index (κ1) is 29.5. The molecule has 1 aliphatic rings. The van der Waals surface area contributed by atoms with E-state index in [1.54, 1.807) is 6.07 Å². The van der Waals surface area contributed by atoms with E-state index in [1.807, 2.05) is 0 Å². The highest BCUT2D eigenvalue weighted by molar-refractivity contribution is 5.31. The van der Waals surface area contributed by atoms with Crippen molar-refractivity contribution in [3.63, 3.8) is 0 Å². The van der Waals surface area contributed by atoms with Crippen molar-refractivity contribution < 1.29 is 20.1 Å². The van der Waals surface area contributed by atoms with Gasteiger partial charge in [0.2, 0.25) is 0 Å². The Labute approximate surface area is 210 Å². The number of nitrogens with one attached hydrogen (secondary N) is 1. The molecule has 8 heteroatoms. The van der Waals surface area contributed by atoms with Gasteiger partial charge < -0.3 is 25.4 Å². The molecule has 0 radical (unpaired) electrons. The zero-order chi connectivity index (χ0) is 25.3. The molecule has 4 atom stereocenters. The molecule has 4 N–H and O–H groups in total. The van der Waals surface area contributed by atoms with Crippen molar-refractivity contribution in [2.24, 2.45) is 0 Å². The van der Waals surface area contributed by atoms with Gasteiger partial charge in [0, 0.05) is 12.7 Å². The van der Waals surface area contributed by atoms with Gasteiger partial charge in [0.15, 0.2) is 6.23 Å². The highest BCUT2D eigenvalue weighted by Crippen LogP contribution is 2.28. The summed E-state index contributed by atoms with van der Waals surface area (Å²) in [5.74, 6) is 0.478. The number of anilines is 1. The maximum absolute atomic E-state index is 12.3. The molecule has 1 aliphatic heterocycles. The van der Waals surface area contributed by atoms with Crippen LogP contribution in [0.25, 0.3) is 0 Å². The SMILES string of the molecule is CCCCCCCC/C=C\CCCCCCCCNc1ccn([C@@H]2O[C@H](CO)[C@@H](O)[C@@H]2O)c(=O)n1. The Kier molecular flexibility index (Phi) is 14.9. The molecule has 0 aromatic carbocycles.